The highest BCUT2D eigenvalue weighted by atomic mass is 127. The van der Waals surface area contributed by atoms with Crippen molar-refractivity contribution in [3.8, 4) is 0 Å². The van der Waals surface area contributed by atoms with E-state index in [0.29, 0.717) is 12.1 Å². The zero-order chi connectivity index (χ0) is 15.6. The zero-order valence-corrected chi connectivity index (χ0v) is 14.4. The number of imide groups is 1. The van der Waals surface area contributed by atoms with Crippen molar-refractivity contribution >= 4 is 45.9 Å². The van der Waals surface area contributed by atoms with Gasteiger partial charge in [0.15, 0.2) is 0 Å². The summed E-state index contributed by atoms with van der Waals surface area (Å²) in [6, 6.07) is 5.64. The first-order valence-corrected chi connectivity index (χ1v) is 8.73. The lowest BCUT2D eigenvalue weighted by Gasteiger charge is -2.41. The van der Waals surface area contributed by atoms with Crippen molar-refractivity contribution in [1.29, 1.82) is 0 Å². The van der Waals surface area contributed by atoms with Crippen LogP contribution in [0.1, 0.15) is 24.8 Å². The van der Waals surface area contributed by atoms with E-state index in [9.17, 15) is 14.4 Å². The van der Waals surface area contributed by atoms with Gasteiger partial charge in [-0.25, -0.2) is 4.90 Å². The van der Waals surface area contributed by atoms with Crippen LogP contribution in [0, 0.1) is 34.2 Å². The summed E-state index contributed by atoms with van der Waals surface area (Å²) in [5, 5.41) is 0. The first-order valence-electron chi connectivity index (χ1n) is 7.65. The van der Waals surface area contributed by atoms with Gasteiger partial charge in [0.25, 0.3) is 0 Å². The number of rotatable bonds is 1. The average molecular weight is 409 g/mol. The maximum atomic E-state index is 12.8. The van der Waals surface area contributed by atoms with E-state index in [-0.39, 0.29) is 35.4 Å². The van der Waals surface area contributed by atoms with E-state index in [4.69, 9.17) is 0 Å². The summed E-state index contributed by atoms with van der Waals surface area (Å²) in [6.45, 7) is 2.00. The highest BCUT2D eigenvalue weighted by molar-refractivity contribution is 14.1. The third kappa shape index (κ3) is 1.84. The maximum absolute atomic E-state index is 12.8. The summed E-state index contributed by atoms with van der Waals surface area (Å²) in [5.74, 6) is -0.947. The molecule has 5 heteroatoms. The molecule has 0 spiro atoms. The van der Waals surface area contributed by atoms with Crippen molar-refractivity contribution < 1.29 is 14.4 Å². The molecule has 1 heterocycles. The van der Waals surface area contributed by atoms with Gasteiger partial charge in [-0.15, -0.1) is 0 Å². The summed E-state index contributed by atoms with van der Waals surface area (Å²) >= 11 is 2.21. The Bertz CT molecular complexity index is 714. The first-order chi connectivity index (χ1) is 10.5. The highest BCUT2D eigenvalue weighted by Gasteiger charge is 2.60. The summed E-state index contributed by atoms with van der Waals surface area (Å²) in [5.41, 5.74) is 1.77. The SMILES string of the molecule is Cc1ccc(N2C(=O)[C@H]3[C@@H]4CC[C@@H](C(=O)C4)[C@H]3C2=O)cc1I. The van der Waals surface area contributed by atoms with E-state index in [1.165, 1.54) is 4.90 Å². The largest absolute Gasteiger partial charge is 0.299 e. The minimum absolute atomic E-state index is 0.0634. The Labute approximate surface area is 142 Å². The van der Waals surface area contributed by atoms with Crippen LogP contribution >= 0.6 is 22.6 Å². The van der Waals surface area contributed by atoms with Crippen molar-refractivity contribution in [2.45, 2.75) is 26.2 Å². The number of anilines is 1. The third-order valence-corrected chi connectivity index (χ3v) is 6.64. The van der Waals surface area contributed by atoms with E-state index in [2.05, 4.69) is 22.6 Å². The Balaban J connectivity index is 1.77. The van der Waals surface area contributed by atoms with Crippen LogP contribution < -0.4 is 4.90 Å². The quantitative estimate of drug-likeness (QED) is 0.530. The smallest absolute Gasteiger partial charge is 0.238 e. The molecule has 2 amide bonds. The van der Waals surface area contributed by atoms with Crippen molar-refractivity contribution in [3.63, 3.8) is 0 Å². The number of ketones is 1. The maximum Gasteiger partial charge on any atom is 0.238 e. The molecule has 3 saturated carbocycles. The minimum Gasteiger partial charge on any atom is -0.299 e. The topological polar surface area (TPSA) is 54.5 Å². The molecule has 0 radical (unpaired) electrons. The summed E-state index contributed by atoms with van der Waals surface area (Å²) in [4.78, 5) is 39.1. The van der Waals surface area contributed by atoms with Crippen molar-refractivity contribution in [1.82, 2.24) is 0 Å². The lowest BCUT2D eigenvalue weighted by atomic mass is 9.59. The van der Waals surface area contributed by atoms with Gasteiger partial charge >= 0.3 is 0 Å². The second kappa shape index (κ2) is 4.88. The zero-order valence-electron chi connectivity index (χ0n) is 12.2. The summed E-state index contributed by atoms with van der Waals surface area (Å²) in [7, 11) is 0. The average Bonchev–Trinajstić information content (AvgIpc) is 2.76. The van der Waals surface area contributed by atoms with Crippen molar-refractivity contribution in [3.05, 3.63) is 27.3 Å². The van der Waals surface area contributed by atoms with Gasteiger partial charge in [-0.05, 0) is 66.0 Å². The highest BCUT2D eigenvalue weighted by Crippen LogP contribution is 2.52. The Hall–Kier alpha value is -1.24. The molecule has 4 atom stereocenters. The molecular weight excluding hydrogens is 393 g/mol. The lowest BCUT2D eigenvalue weighted by Crippen LogP contribution is -2.46. The molecule has 1 aromatic carbocycles. The fourth-order valence-corrected chi connectivity index (χ4v) is 4.86. The molecule has 1 aliphatic heterocycles. The molecule has 114 valence electrons. The lowest BCUT2D eigenvalue weighted by molar-refractivity contribution is -0.143. The van der Waals surface area contributed by atoms with Gasteiger partial charge < -0.3 is 0 Å². The van der Waals surface area contributed by atoms with Gasteiger partial charge in [-0.3, -0.25) is 14.4 Å². The molecule has 0 N–H and O–H groups in total. The predicted molar refractivity (Wildman–Crippen MR) is 89.2 cm³/mol. The van der Waals surface area contributed by atoms with Crippen molar-refractivity contribution in [2.24, 2.45) is 23.7 Å². The van der Waals surface area contributed by atoms with Crippen LogP contribution in [0.5, 0.6) is 0 Å². The van der Waals surface area contributed by atoms with Crippen LogP contribution in [0.15, 0.2) is 18.2 Å². The van der Waals surface area contributed by atoms with Crippen molar-refractivity contribution in [2.75, 3.05) is 4.90 Å². The molecule has 3 aliphatic carbocycles. The normalized spacial score (nSPS) is 33.5. The van der Waals surface area contributed by atoms with E-state index < -0.39 is 5.92 Å². The van der Waals surface area contributed by atoms with Crippen LogP contribution in [-0.4, -0.2) is 17.6 Å². The predicted octanol–water partition coefficient (Wildman–Crippen LogP) is 2.70. The van der Waals surface area contributed by atoms with Gasteiger partial charge in [-0.1, -0.05) is 6.07 Å². The molecule has 4 aliphatic rings. The van der Waals surface area contributed by atoms with Gasteiger partial charge in [0.05, 0.1) is 17.5 Å². The summed E-state index contributed by atoms with van der Waals surface area (Å²) < 4.78 is 1.03. The number of hydrogen-bond acceptors (Lipinski definition) is 3. The number of benzene rings is 1. The number of fused-ring (bicyclic) bond motifs is 2. The molecule has 5 rings (SSSR count). The van der Waals surface area contributed by atoms with E-state index in [1.54, 1.807) is 0 Å². The minimum atomic E-state index is -0.411. The molecule has 0 unspecified atom stereocenters. The van der Waals surface area contributed by atoms with E-state index >= 15 is 0 Å². The monoisotopic (exact) mass is 409 g/mol. The second-order valence-corrected chi connectivity index (χ2v) is 7.77. The van der Waals surface area contributed by atoms with Gasteiger partial charge in [-0.2, -0.15) is 0 Å². The number of halogens is 1. The fourth-order valence-electron chi connectivity index (χ4n) is 4.36. The van der Waals surface area contributed by atoms with Crippen LogP contribution in [0.25, 0.3) is 0 Å². The van der Waals surface area contributed by atoms with Crippen LogP contribution in [-0.2, 0) is 14.4 Å². The molecule has 2 bridgehead atoms. The molecule has 4 fully saturated rings. The standard InChI is InChI=1S/C17H16INO3/c1-8-2-4-10(7-12(8)18)19-16(21)14-9-3-5-11(13(20)6-9)15(14)17(19)22/h2,4,7,9,11,14-15H,3,5-6H2,1H3/t9-,11+,14+,15-/m1/s1. The van der Waals surface area contributed by atoms with E-state index in [1.807, 2.05) is 25.1 Å². The number of Topliss-reactive ketones (excluding diaryl/α,β-unsaturated/α-hetero) is 1. The molecule has 4 nitrogen and oxygen atoms in total. The molecule has 0 aromatic heterocycles. The van der Waals surface area contributed by atoms with Gasteiger partial charge in [0.1, 0.15) is 5.78 Å². The van der Waals surface area contributed by atoms with Gasteiger partial charge in [0.2, 0.25) is 11.8 Å². The van der Waals surface area contributed by atoms with E-state index in [0.717, 1.165) is 22.0 Å². The Kier molecular flexibility index (Phi) is 3.18. The number of nitrogens with zero attached hydrogens (tertiary/aromatic N) is 1. The van der Waals surface area contributed by atoms with Crippen LogP contribution in [0.2, 0.25) is 0 Å². The van der Waals surface area contributed by atoms with Gasteiger partial charge in [0, 0.05) is 15.9 Å². The number of hydrogen-bond donors (Lipinski definition) is 0. The third-order valence-electron chi connectivity index (χ3n) is 5.48. The first kappa shape index (κ1) is 14.4. The molecular formula is C17H16INO3. The number of amides is 2. The van der Waals surface area contributed by atoms with Crippen LogP contribution in [0.3, 0.4) is 0 Å². The Morgan fingerprint density at radius 2 is 1.82 bits per heavy atom. The number of carbonyl (C=O) groups excluding carboxylic acids is 3. The Morgan fingerprint density at radius 3 is 2.50 bits per heavy atom. The summed E-state index contributed by atoms with van der Waals surface area (Å²) in [6.07, 6.45) is 2.14. The second-order valence-electron chi connectivity index (χ2n) is 6.61. The molecule has 22 heavy (non-hydrogen) atoms. The number of aryl methyl sites for hydroxylation is 1. The fraction of sp³-hybridized carbons (Fsp3) is 0.471. The molecule has 1 aromatic rings. The molecule has 1 saturated heterocycles. The van der Waals surface area contributed by atoms with Crippen LogP contribution in [0.4, 0.5) is 5.69 Å². The number of carbonyl (C=O) groups is 3. The Morgan fingerprint density at radius 1 is 1.09 bits per heavy atom.